The number of ketones is 2. The Labute approximate surface area is 585 Å². The number of esters is 2. The number of rotatable bonds is 8. The lowest BCUT2D eigenvalue weighted by atomic mass is 9.94. The quantitative estimate of drug-likeness (QED) is 0.136. The SMILES string of the molecule is CC1=C/[C@@H](O)CC(=O)Cc2nc(co2)C(=O)N2CCC=C2C(=O)O[C@H](C(C)C)[C@H](C)/C=C\C(=O)NC/C=C\1.CCC1NC(=O)C(NC(=O)c2ncccc2O)C(C)OC(=O)C(c2ccccc2)NC(=O)C2CC(=O)CCN2C(=O)C(Cc2ccc(N(C)C)cc2)N(C)C(=O)C2CCCN2C1=O. The number of aliphatic hydroxyl groups is 1. The third kappa shape index (κ3) is 19.6. The number of anilines is 1. The normalized spacial score (nSPS) is 26.3. The van der Waals surface area contributed by atoms with E-state index in [1.807, 2.05) is 64.0 Å². The lowest BCUT2D eigenvalue weighted by molar-refractivity contribution is -0.157. The van der Waals surface area contributed by atoms with E-state index in [0.717, 1.165) is 17.5 Å². The van der Waals surface area contributed by atoms with Crippen LogP contribution in [0, 0.1) is 11.8 Å². The highest BCUT2D eigenvalue weighted by Crippen LogP contribution is 2.29. The summed E-state index contributed by atoms with van der Waals surface area (Å²) in [6.45, 7) is 11.0. The molecule has 0 aliphatic carbocycles. The number of cyclic esters (lactones) is 2. The molecule has 0 radical (unpaired) electrons. The maximum atomic E-state index is 15.0. The average Bonchev–Trinajstić information content (AvgIpc) is 1.79. The van der Waals surface area contributed by atoms with E-state index >= 15 is 0 Å². The van der Waals surface area contributed by atoms with Crippen molar-refractivity contribution in [1.82, 2.24) is 50.8 Å². The molecule has 2 aromatic carbocycles. The number of oxazole rings is 1. The highest BCUT2D eigenvalue weighted by atomic mass is 16.6. The van der Waals surface area contributed by atoms with Crippen LogP contribution in [0.3, 0.4) is 0 Å². The van der Waals surface area contributed by atoms with Crippen molar-refractivity contribution < 1.29 is 81.6 Å². The number of Topliss-reactive ketones (excluding diaryl/α,β-unsaturated/α-hetero) is 2. The Hall–Kier alpha value is -10.6. The van der Waals surface area contributed by atoms with Gasteiger partial charge in [-0.3, -0.25) is 47.9 Å². The zero-order valence-electron chi connectivity index (χ0n) is 58.2. The van der Waals surface area contributed by atoms with E-state index in [-0.39, 0.29) is 123 Å². The number of carbonyl (C=O) groups excluding carboxylic acids is 12. The molecule has 0 saturated carbocycles. The van der Waals surface area contributed by atoms with Gasteiger partial charge in [-0.05, 0) is 86.9 Å². The first-order valence-electron chi connectivity index (χ1n) is 33.8. The predicted molar refractivity (Wildman–Crippen MR) is 366 cm³/mol. The summed E-state index contributed by atoms with van der Waals surface area (Å²) in [7, 11) is 5.25. The van der Waals surface area contributed by atoms with Gasteiger partial charge in [0.1, 0.15) is 71.7 Å². The van der Waals surface area contributed by atoms with Crippen molar-refractivity contribution in [2.75, 3.05) is 52.2 Å². The number of fused-ring (bicyclic) bond motifs is 5. The topological polar surface area (TPSA) is 367 Å². The first-order chi connectivity index (χ1) is 48.1. The highest BCUT2D eigenvalue weighted by molar-refractivity contribution is 6.02. The van der Waals surface area contributed by atoms with Gasteiger partial charge in [0.25, 0.3) is 11.8 Å². The summed E-state index contributed by atoms with van der Waals surface area (Å²) < 4.78 is 17.0. The Kier molecular flexibility index (Phi) is 26.3. The highest BCUT2D eigenvalue weighted by Gasteiger charge is 2.46. The van der Waals surface area contributed by atoms with E-state index in [2.05, 4.69) is 31.2 Å². The molecule has 10 atom stereocenters. The van der Waals surface area contributed by atoms with E-state index in [4.69, 9.17) is 13.9 Å². The van der Waals surface area contributed by atoms with E-state index in [1.54, 1.807) is 74.6 Å². The van der Waals surface area contributed by atoms with Crippen LogP contribution in [0.25, 0.3) is 0 Å². The molecule has 3 fully saturated rings. The maximum Gasteiger partial charge on any atom is 0.355 e. The number of allylic oxidation sites excluding steroid dienone is 2. The van der Waals surface area contributed by atoms with E-state index < -0.39 is 119 Å². The van der Waals surface area contributed by atoms with Crippen molar-refractivity contribution in [2.24, 2.45) is 11.8 Å². The van der Waals surface area contributed by atoms with E-state index in [9.17, 15) is 67.7 Å². The molecule has 5 aliphatic heterocycles. The Morgan fingerprint density at radius 2 is 1.54 bits per heavy atom. The van der Waals surface area contributed by atoms with Crippen LogP contribution in [-0.4, -0.2) is 206 Å². The summed E-state index contributed by atoms with van der Waals surface area (Å²) in [5, 5.41) is 31.2. The van der Waals surface area contributed by atoms with Crippen molar-refractivity contribution >= 4 is 76.4 Å². The fraction of sp³-hybridized carbons (Fsp3) is 0.452. The molecule has 2 aromatic heterocycles. The lowest BCUT2D eigenvalue weighted by Crippen LogP contribution is -2.61. The molecule has 538 valence electrons. The molecule has 0 spiro atoms. The number of carbonyl (C=O) groups is 12. The largest absolute Gasteiger partial charge is 0.505 e. The van der Waals surface area contributed by atoms with Gasteiger partial charge in [0.05, 0.1) is 12.5 Å². The molecule has 2 bridgehead atoms. The standard InChI is InChI=1S/C45H54N8O10.C28H35N3O7/c1-6-31-42(59)52-22-11-14-32(52)43(60)51(5)34(24-27-16-18-29(19-17-27)50(3)4)44(61)53-23-20-30(54)25-33(53)39(56)49-37(28-12-8-7-9-13-28)45(62)63-26(2)36(40(57)47-31)48-41(58)38-35(55)15-10-21-46-38;1-17(2)26-19(4)9-10-24(34)29-11-5-7-18(3)13-20(32)14-21(33)15-25-30-22(16-37-25)27(35)31-12-6-8-23(31)28(36)38-26/h7-10,12-13,15-19,21,26,31-34,36-37,55H,6,11,14,20,22-25H2,1-5H3,(H,47,57)(H,48,58)(H,49,56);5,7-10,13,16-17,19-20,26,32H,6,11-12,14-15H2,1-4H3,(H,29,34)/b;7-5-,10-9-,18-13-/t;19-,20-,26-/m.1/s1. The molecule has 28 nitrogen and oxygen atoms in total. The number of ether oxygens (including phenoxy) is 2. The van der Waals surface area contributed by atoms with Gasteiger partial charge in [0.15, 0.2) is 17.4 Å². The molecule has 28 heteroatoms. The lowest BCUT2D eigenvalue weighted by Gasteiger charge is -2.40. The number of aromatic hydroxyl groups is 1. The van der Waals surface area contributed by atoms with Crippen molar-refractivity contribution in [2.45, 2.75) is 154 Å². The van der Waals surface area contributed by atoms with E-state index in [1.165, 1.54) is 58.0 Å². The Morgan fingerprint density at radius 1 is 0.822 bits per heavy atom. The van der Waals surface area contributed by atoms with Gasteiger partial charge in [0, 0.05) is 90.8 Å². The number of nitrogens with one attached hydrogen (secondary N) is 4. The van der Waals surface area contributed by atoms with Crippen molar-refractivity contribution in [3.63, 3.8) is 0 Å². The van der Waals surface area contributed by atoms with Crippen LogP contribution in [0.15, 0.2) is 131 Å². The number of aromatic nitrogens is 2. The zero-order valence-corrected chi connectivity index (χ0v) is 58.2. The molecule has 3 saturated heterocycles. The summed E-state index contributed by atoms with van der Waals surface area (Å²) >= 11 is 0. The van der Waals surface area contributed by atoms with Crippen molar-refractivity contribution in [3.05, 3.63) is 155 Å². The predicted octanol–water partition coefficient (Wildman–Crippen LogP) is 3.93. The van der Waals surface area contributed by atoms with Crippen LogP contribution in [0.1, 0.15) is 131 Å². The minimum absolute atomic E-state index is 0.0299. The molecule has 101 heavy (non-hydrogen) atoms. The number of benzene rings is 2. The van der Waals surface area contributed by atoms with Gasteiger partial charge >= 0.3 is 11.9 Å². The average molecular weight is 1390 g/mol. The summed E-state index contributed by atoms with van der Waals surface area (Å²) in [6.07, 6.45) is 9.66. The second-order valence-corrected chi connectivity index (χ2v) is 26.1. The number of amides is 8. The summed E-state index contributed by atoms with van der Waals surface area (Å²) in [6, 6.07) is 10.1. The molecular weight excluding hydrogens is 1300 g/mol. The van der Waals surface area contributed by atoms with Crippen LogP contribution in [0.2, 0.25) is 0 Å². The number of likely N-dealkylation sites (N-methyl/N-ethyl adjacent to an activating group) is 1. The zero-order chi connectivity index (χ0) is 73.4. The third-order valence-corrected chi connectivity index (χ3v) is 18.0. The van der Waals surface area contributed by atoms with Gasteiger partial charge in [0.2, 0.25) is 41.3 Å². The van der Waals surface area contributed by atoms with E-state index in [0.29, 0.717) is 18.4 Å². The van der Waals surface area contributed by atoms with Gasteiger partial charge in [-0.2, -0.15) is 0 Å². The second-order valence-electron chi connectivity index (χ2n) is 26.1. The Morgan fingerprint density at radius 3 is 2.24 bits per heavy atom. The summed E-state index contributed by atoms with van der Waals surface area (Å²) in [5.74, 6) is -8.40. The monoisotopic (exact) mass is 1390 g/mol. The molecular formula is C73H89N11O17. The molecule has 8 amide bonds. The number of piperidine rings is 1. The van der Waals surface area contributed by atoms with Gasteiger partial charge in [-0.1, -0.05) is 106 Å². The van der Waals surface area contributed by atoms with Crippen LogP contribution in [0.4, 0.5) is 5.69 Å². The second kappa shape index (κ2) is 34.9. The maximum absolute atomic E-state index is 15.0. The number of hydrogen-bond acceptors (Lipinski definition) is 20. The summed E-state index contributed by atoms with van der Waals surface area (Å²) in [5.41, 5.74) is 2.26. The summed E-state index contributed by atoms with van der Waals surface area (Å²) in [4.78, 5) is 180. The number of nitrogens with zero attached hydrogens (tertiary/aromatic N) is 7. The number of aliphatic hydroxyl groups excluding tert-OH is 1. The Bertz CT molecular complexity index is 3860. The smallest absolute Gasteiger partial charge is 0.355 e. The third-order valence-electron chi connectivity index (χ3n) is 18.0. The molecule has 5 aliphatic rings. The number of hydrogen-bond donors (Lipinski definition) is 6. The fourth-order valence-electron chi connectivity index (χ4n) is 12.5. The minimum atomic E-state index is -1.68. The molecule has 6 N–H and O–H groups in total. The first kappa shape index (κ1) is 76.1. The molecule has 7 unspecified atom stereocenters. The van der Waals surface area contributed by atoms with Crippen LogP contribution in [-0.2, 0) is 70.3 Å². The van der Waals surface area contributed by atoms with Crippen LogP contribution in [0.5, 0.6) is 5.75 Å². The van der Waals surface area contributed by atoms with Gasteiger partial charge < -0.3 is 69.9 Å². The molecule has 7 heterocycles. The first-order valence-corrected chi connectivity index (χ1v) is 33.8. The minimum Gasteiger partial charge on any atom is -0.505 e. The van der Waals surface area contributed by atoms with Gasteiger partial charge in [-0.15, -0.1) is 0 Å². The Balaban J connectivity index is 0.000000291. The van der Waals surface area contributed by atoms with Crippen LogP contribution >= 0.6 is 0 Å². The number of pyridine rings is 1. The van der Waals surface area contributed by atoms with Crippen molar-refractivity contribution in [3.8, 4) is 5.75 Å². The molecule has 9 rings (SSSR count). The van der Waals surface area contributed by atoms with Crippen molar-refractivity contribution in [1.29, 1.82) is 0 Å². The van der Waals surface area contributed by atoms with Crippen LogP contribution < -0.4 is 26.2 Å². The molecule has 4 aromatic rings. The fourth-order valence-corrected chi connectivity index (χ4v) is 12.5. The van der Waals surface area contributed by atoms with Gasteiger partial charge in [-0.25, -0.2) is 19.6 Å².